The molecule has 1 atom stereocenters. The van der Waals surface area contributed by atoms with E-state index in [0.29, 0.717) is 19.5 Å². The number of carbonyl (C=O) groups excluding carboxylic acids is 1. The summed E-state index contributed by atoms with van der Waals surface area (Å²) in [5.41, 5.74) is 7.26. The quantitative estimate of drug-likeness (QED) is 0.452. The maximum absolute atomic E-state index is 12.7. The van der Waals surface area contributed by atoms with E-state index in [0.717, 1.165) is 44.8 Å². The summed E-state index contributed by atoms with van der Waals surface area (Å²) in [6, 6.07) is 9.47. The van der Waals surface area contributed by atoms with Gasteiger partial charge in [-0.3, -0.25) is 4.79 Å². The van der Waals surface area contributed by atoms with Crippen LogP contribution < -0.4 is 21.7 Å². The first-order chi connectivity index (χ1) is 11.3. The van der Waals surface area contributed by atoms with Crippen molar-refractivity contribution in [1.29, 1.82) is 0 Å². The Labute approximate surface area is 163 Å². The van der Waals surface area contributed by atoms with Crippen LogP contribution >= 0.6 is 0 Å². The van der Waals surface area contributed by atoms with Gasteiger partial charge in [-0.2, -0.15) is 0 Å². The SMILES string of the molecule is N[C@H](Cc1ccccc1)C(=O)N1CCNCCNCCNCC1.O.[Zn+2]. The van der Waals surface area contributed by atoms with Crippen LogP contribution in [0.5, 0.6) is 0 Å². The first-order valence-corrected chi connectivity index (χ1v) is 8.48. The maximum Gasteiger partial charge on any atom is 2.00 e. The Balaban J connectivity index is 0.00000288. The fourth-order valence-electron chi connectivity index (χ4n) is 2.68. The average Bonchev–Trinajstić information content (AvgIpc) is 2.56. The van der Waals surface area contributed by atoms with Gasteiger partial charge >= 0.3 is 19.5 Å². The van der Waals surface area contributed by atoms with Crippen molar-refractivity contribution in [3.63, 3.8) is 0 Å². The number of hydrogen-bond donors (Lipinski definition) is 4. The molecule has 136 valence electrons. The fraction of sp³-hybridized carbons (Fsp3) is 0.588. The zero-order chi connectivity index (χ0) is 16.3. The molecule has 1 aliphatic rings. The normalized spacial score (nSPS) is 17.9. The maximum atomic E-state index is 12.7. The number of hydrogen-bond acceptors (Lipinski definition) is 5. The second-order valence-corrected chi connectivity index (χ2v) is 5.87. The topological polar surface area (TPSA) is 114 Å². The molecule has 1 amide bonds. The standard InChI is InChI=1S/C17H29N5O.H2O.Zn/c18-16(14-15-4-2-1-3-5-15)17(23)22-12-10-20-8-6-19-7-9-21-11-13-22;;/h1-5,16,19-21H,6-14,18H2;1H2;/q;;+2/t16-;;/m1../s1. The first kappa shape index (κ1) is 24.1. The van der Waals surface area contributed by atoms with Crippen LogP contribution in [0.4, 0.5) is 0 Å². The fourth-order valence-corrected chi connectivity index (χ4v) is 2.68. The minimum atomic E-state index is -0.480. The average molecular weight is 403 g/mol. The molecule has 25 heavy (non-hydrogen) atoms. The number of benzene rings is 1. The van der Waals surface area contributed by atoms with E-state index in [9.17, 15) is 4.79 Å². The number of rotatable bonds is 3. The summed E-state index contributed by atoms with van der Waals surface area (Å²) in [5, 5.41) is 10.1. The van der Waals surface area contributed by atoms with E-state index in [1.165, 1.54) is 0 Å². The monoisotopic (exact) mass is 401 g/mol. The van der Waals surface area contributed by atoms with Crippen LogP contribution in [-0.4, -0.2) is 74.7 Å². The van der Waals surface area contributed by atoms with Crippen LogP contribution in [-0.2, 0) is 30.7 Å². The minimum absolute atomic E-state index is 0. The second kappa shape index (κ2) is 14.3. The summed E-state index contributed by atoms with van der Waals surface area (Å²) in [5.74, 6) is 0.0348. The Bertz CT molecular complexity index is 452. The third-order valence-corrected chi connectivity index (χ3v) is 4.00. The van der Waals surface area contributed by atoms with Crippen LogP contribution in [0.1, 0.15) is 5.56 Å². The van der Waals surface area contributed by atoms with Gasteiger partial charge in [0.1, 0.15) is 0 Å². The van der Waals surface area contributed by atoms with Crippen molar-refractivity contribution in [1.82, 2.24) is 20.9 Å². The van der Waals surface area contributed by atoms with Crippen molar-refractivity contribution < 1.29 is 29.7 Å². The predicted molar refractivity (Wildman–Crippen MR) is 96.9 cm³/mol. The second-order valence-electron chi connectivity index (χ2n) is 5.87. The van der Waals surface area contributed by atoms with Crippen molar-refractivity contribution in [3.05, 3.63) is 35.9 Å². The van der Waals surface area contributed by atoms with E-state index in [1.54, 1.807) is 0 Å². The summed E-state index contributed by atoms with van der Waals surface area (Å²) in [7, 11) is 0. The summed E-state index contributed by atoms with van der Waals surface area (Å²) in [6.07, 6.45) is 0.584. The van der Waals surface area contributed by atoms with E-state index in [-0.39, 0.29) is 30.9 Å². The Kier molecular flexibility index (Phi) is 13.8. The van der Waals surface area contributed by atoms with Gasteiger partial charge in [-0.25, -0.2) is 0 Å². The molecule has 2 rings (SSSR count). The molecule has 0 bridgehead atoms. The summed E-state index contributed by atoms with van der Waals surface area (Å²) >= 11 is 0. The number of nitrogens with one attached hydrogen (secondary N) is 3. The van der Waals surface area contributed by atoms with Gasteiger partial charge in [0.15, 0.2) is 0 Å². The van der Waals surface area contributed by atoms with Gasteiger partial charge in [0.05, 0.1) is 6.04 Å². The van der Waals surface area contributed by atoms with Crippen molar-refractivity contribution in [2.24, 2.45) is 5.73 Å². The molecule has 0 unspecified atom stereocenters. The van der Waals surface area contributed by atoms with Crippen LogP contribution in [0.15, 0.2) is 30.3 Å². The molecule has 0 aromatic heterocycles. The Morgan fingerprint density at radius 3 is 1.96 bits per heavy atom. The van der Waals surface area contributed by atoms with Gasteiger partial charge in [-0.05, 0) is 12.0 Å². The van der Waals surface area contributed by atoms with Gasteiger partial charge in [0.25, 0.3) is 0 Å². The molecule has 1 aromatic carbocycles. The number of nitrogens with zero attached hydrogens (tertiary/aromatic N) is 1. The molecule has 1 aromatic rings. The molecular formula is C17H31N5O2Zn+2. The molecule has 1 aliphatic heterocycles. The summed E-state index contributed by atoms with van der Waals surface area (Å²) in [4.78, 5) is 14.5. The number of carbonyl (C=O) groups is 1. The molecule has 1 saturated heterocycles. The smallest absolute Gasteiger partial charge is 0.412 e. The molecule has 0 saturated carbocycles. The van der Waals surface area contributed by atoms with Gasteiger partial charge < -0.3 is 32.1 Å². The molecule has 0 spiro atoms. The minimum Gasteiger partial charge on any atom is -0.412 e. The van der Waals surface area contributed by atoms with Crippen molar-refractivity contribution >= 4 is 5.91 Å². The molecule has 1 fully saturated rings. The van der Waals surface area contributed by atoms with Crippen molar-refractivity contribution in [2.45, 2.75) is 12.5 Å². The van der Waals surface area contributed by atoms with Crippen LogP contribution in [0.2, 0.25) is 0 Å². The third kappa shape index (κ3) is 9.40. The first-order valence-electron chi connectivity index (χ1n) is 8.48. The molecule has 0 aliphatic carbocycles. The number of amides is 1. The van der Waals surface area contributed by atoms with Crippen molar-refractivity contribution in [3.8, 4) is 0 Å². The van der Waals surface area contributed by atoms with Crippen LogP contribution in [0.3, 0.4) is 0 Å². The summed E-state index contributed by atoms with van der Waals surface area (Å²) < 4.78 is 0. The molecule has 7 nitrogen and oxygen atoms in total. The molecule has 1 heterocycles. The van der Waals surface area contributed by atoms with Gasteiger partial charge in [0, 0.05) is 52.4 Å². The molecule has 0 radical (unpaired) electrons. The van der Waals surface area contributed by atoms with E-state index in [2.05, 4.69) is 16.0 Å². The zero-order valence-corrected chi connectivity index (χ0v) is 17.9. The number of nitrogens with two attached hydrogens (primary N) is 1. The van der Waals surface area contributed by atoms with Gasteiger partial charge in [0.2, 0.25) is 5.91 Å². The predicted octanol–water partition coefficient (Wildman–Crippen LogP) is -1.66. The zero-order valence-electron chi connectivity index (χ0n) is 15.0. The largest absolute Gasteiger partial charge is 2.00 e. The summed E-state index contributed by atoms with van der Waals surface area (Å²) in [6.45, 7) is 6.71. The Morgan fingerprint density at radius 2 is 1.44 bits per heavy atom. The van der Waals surface area contributed by atoms with Gasteiger partial charge in [-0.1, -0.05) is 30.3 Å². The van der Waals surface area contributed by atoms with Gasteiger partial charge in [-0.15, -0.1) is 0 Å². The Morgan fingerprint density at radius 1 is 0.960 bits per heavy atom. The van der Waals surface area contributed by atoms with E-state index in [1.807, 2.05) is 35.2 Å². The van der Waals surface area contributed by atoms with Crippen LogP contribution in [0.25, 0.3) is 0 Å². The molecular weight excluding hydrogens is 372 g/mol. The van der Waals surface area contributed by atoms with Crippen LogP contribution in [0, 0.1) is 0 Å². The van der Waals surface area contributed by atoms with E-state index >= 15 is 0 Å². The van der Waals surface area contributed by atoms with Crippen molar-refractivity contribution in [2.75, 3.05) is 52.4 Å². The Hall–Kier alpha value is -0.887. The van der Waals surface area contributed by atoms with E-state index < -0.39 is 6.04 Å². The van der Waals surface area contributed by atoms with E-state index in [4.69, 9.17) is 5.73 Å². The third-order valence-electron chi connectivity index (χ3n) is 4.00. The molecule has 7 N–H and O–H groups in total. The molecule has 8 heteroatoms.